The number of nitrogens with two attached hydrogens (primary N) is 1. The fourth-order valence-electron chi connectivity index (χ4n) is 1.59. The first kappa shape index (κ1) is 14.3. The van der Waals surface area contributed by atoms with Gasteiger partial charge in [0.1, 0.15) is 5.54 Å². The highest BCUT2D eigenvalue weighted by atomic mass is 35.5. The molecule has 7 heteroatoms. The molecule has 0 saturated heterocycles. The second-order valence-electron chi connectivity index (χ2n) is 4.40. The molecule has 5 nitrogen and oxygen atoms in total. The predicted octanol–water partition coefficient (Wildman–Crippen LogP) is 2.86. The van der Waals surface area contributed by atoms with Gasteiger partial charge in [0.15, 0.2) is 5.82 Å². The van der Waals surface area contributed by atoms with Crippen LogP contribution in [0.25, 0.3) is 11.5 Å². The first-order valence-corrected chi connectivity index (χ1v) is 6.27. The van der Waals surface area contributed by atoms with Crippen molar-refractivity contribution < 1.29 is 9.26 Å². The van der Waals surface area contributed by atoms with Gasteiger partial charge in [-0.05, 0) is 25.1 Å². The lowest BCUT2D eigenvalue weighted by Gasteiger charge is -2.18. The molecule has 0 bridgehead atoms. The minimum atomic E-state index is -0.832. The lowest BCUT2D eigenvalue weighted by atomic mass is 10.1. The molecule has 1 aromatic heterocycles. The van der Waals surface area contributed by atoms with Gasteiger partial charge in [-0.25, -0.2) is 0 Å². The van der Waals surface area contributed by atoms with Gasteiger partial charge in [0.25, 0.3) is 5.89 Å². The van der Waals surface area contributed by atoms with E-state index in [2.05, 4.69) is 10.1 Å². The van der Waals surface area contributed by atoms with Gasteiger partial charge >= 0.3 is 0 Å². The smallest absolute Gasteiger partial charge is 0.259 e. The molecule has 2 N–H and O–H groups in total. The van der Waals surface area contributed by atoms with Gasteiger partial charge < -0.3 is 15.0 Å². The molecule has 2 rings (SSSR count). The highest BCUT2D eigenvalue weighted by molar-refractivity contribution is 6.35. The van der Waals surface area contributed by atoms with Crippen LogP contribution in [0, 0.1) is 0 Å². The number of halogens is 2. The molecule has 0 aliphatic rings. The topological polar surface area (TPSA) is 74.2 Å². The summed E-state index contributed by atoms with van der Waals surface area (Å²) < 4.78 is 10.2. The second-order valence-corrected chi connectivity index (χ2v) is 5.24. The summed E-state index contributed by atoms with van der Waals surface area (Å²) in [7, 11) is 1.56. The van der Waals surface area contributed by atoms with Gasteiger partial charge in [0, 0.05) is 12.1 Å². The lowest BCUT2D eigenvalue weighted by molar-refractivity contribution is 0.135. The Morgan fingerprint density at radius 3 is 2.84 bits per heavy atom. The van der Waals surface area contributed by atoms with Crippen LogP contribution in [-0.4, -0.2) is 23.9 Å². The van der Waals surface area contributed by atoms with Crippen LogP contribution in [0.5, 0.6) is 0 Å². The molecule has 0 aliphatic heterocycles. The normalized spacial score (nSPS) is 14.4. The average Bonchev–Trinajstić information content (AvgIpc) is 2.82. The molecule has 19 heavy (non-hydrogen) atoms. The summed E-state index contributed by atoms with van der Waals surface area (Å²) >= 11 is 12.0. The molecular formula is C12H13Cl2N3O2. The summed E-state index contributed by atoms with van der Waals surface area (Å²) in [5.74, 6) is 0.621. The van der Waals surface area contributed by atoms with Crippen LogP contribution < -0.4 is 5.73 Å². The molecule has 2 aromatic rings. The number of nitrogens with zero attached hydrogens (tertiary/aromatic N) is 2. The van der Waals surface area contributed by atoms with Crippen molar-refractivity contribution in [1.29, 1.82) is 0 Å². The van der Waals surface area contributed by atoms with Gasteiger partial charge in [-0.3, -0.25) is 0 Å². The number of rotatable bonds is 4. The van der Waals surface area contributed by atoms with Crippen LogP contribution in [0.4, 0.5) is 0 Å². The third kappa shape index (κ3) is 3.06. The summed E-state index contributed by atoms with van der Waals surface area (Å²) in [5, 5.41) is 4.87. The zero-order valence-corrected chi connectivity index (χ0v) is 12.0. The Labute approximate surface area is 120 Å². The van der Waals surface area contributed by atoms with Gasteiger partial charge in [-0.2, -0.15) is 4.98 Å². The number of ether oxygens (including phenoxy) is 1. The summed E-state index contributed by atoms with van der Waals surface area (Å²) in [6, 6.07) is 5.01. The van der Waals surface area contributed by atoms with E-state index in [0.29, 0.717) is 21.4 Å². The highest BCUT2D eigenvalue weighted by Crippen LogP contribution is 2.30. The first-order chi connectivity index (χ1) is 8.94. The van der Waals surface area contributed by atoms with Crippen LogP contribution in [0.2, 0.25) is 10.0 Å². The van der Waals surface area contributed by atoms with Crippen molar-refractivity contribution >= 4 is 23.2 Å². The molecule has 0 fully saturated rings. The maximum atomic E-state index is 6.07. The molecule has 1 unspecified atom stereocenters. The summed E-state index contributed by atoms with van der Waals surface area (Å²) in [6.07, 6.45) is 0. The molecule has 0 spiro atoms. The Balaban J connectivity index is 2.38. The number of hydrogen-bond donors (Lipinski definition) is 1. The Morgan fingerprint density at radius 2 is 2.16 bits per heavy atom. The predicted molar refractivity (Wildman–Crippen MR) is 73.2 cm³/mol. The first-order valence-electron chi connectivity index (χ1n) is 5.51. The molecule has 0 aliphatic carbocycles. The maximum absolute atomic E-state index is 6.07. The molecule has 0 radical (unpaired) electrons. The average molecular weight is 302 g/mol. The van der Waals surface area contributed by atoms with Crippen molar-refractivity contribution in [3.63, 3.8) is 0 Å². The maximum Gasteiger partial charge on any atom is 0.259 e. The van der Waals surface area contributed by atoms with Crippen LogP contribution in [0.15, 0.2) is 22.7 Å². The van der Waals surface area contributed by atoms with Gasteiger partial charge in [-0.1, -0.05) is 28.4 Å². The fraction of sp³-hybridized carbons (Fsp3) is 0.333. The Morgan fingerprint density at radius 1 is 1.42 bits per heavy atom. The Bertz CT molecular complexity index is 584. The van der Waals surface area contributed by atoms with Crippen molar-refractivity contribution in [2.75, 3.05) is 13.7 Å². The van der Waals surface area contributed by atoms with Crippen LogP contribution in [0.1, 0.15) is 12.7 Å². The van der Waals surface area contributed by atoms with Crippen molar-refractivity contribution in [3.8, 4) is 11.5 Å². The van der Waals surface area contributed by atoms with E-state index in [9.17, 15) is 0 Å². The molecule has 1 aromatic carbocycles. The van der Waals surface area contributed by atoms with Gasteiger partial charge in [-0.15, -0.1) is 0 Å². The number of benzene rings is 1. The van der Waals surface area contributed by atoms with Gasteiger partial charge in [0.05, 0.1) is 17.2 Å². The van der Waals surface area contributed by atoms with Gasteiger partial charge in [0.2, 0.25) is 0 Å². The van der Waals surface area contributed by atoms with E-state index in [4.69, 9.17) is 38.2 Å². The highest BCUT2D eigenvalue weighted by Gasteiger charge is 2.28. The molecule has 0 saturated carbocycles. The van der Waals surface area contributed by atoms with E-state index in [1.807, 2.05) is 0 Å². The molecule has 0 amide bonds. The minimum Gasteiger partial charge on any atom is -0.382 e. The SMILES string of the molecule is COCC(C)(N)c1noc(-c2cc(Cl)ccc2Cl)n1. The summed E-state index contributed by atoms with van der Waals surface area (Å²) in [6.45, 7) is 2.03. The van der Waals surface area contributed by atoms with Crippen molar-refractivity contribution in [3.05, 3.63) is 34.1 Å². The second kappa shape index (κ2) is 5.46. The number of methoxy groups -OCH3 is 1. The van der Waals surface area contributed by atoms with Crippen LogP contribution >= 0.6 is 23.2 Å². The summed E-state index contributed by atoms with van der Waals surface area (Å²) in [5.41, 5.74) is 5.78. The van der Waals surface area contributed by atoms with E-state index in [0.717, 1.165) is 0 Å². The van der Waals surface area contributed by atoms with Crippen molar-refractivity contribution in [2.45, 2.75) is 12.5 Å². The molecule has 1 atom stereocenters. The monoisotopic (exact) mass is 301 g/mol. The Kier molecular flexibility index (Phi) is 4.10. The van der Waals surface area contributed by atoms with E-state index in [1.165, 1.54) is 0 Å². The van der Waals surface area contributed by atoms with E-state index in [1.54, 1.807) is 32.2 Å². The van der Waals surface area contributed by atoms with Crippen LogP contribution in [0.3, 0.4) is 0 Å². The third-order valence-corrected chi connectivity index (χ3v) is 3.10. The number of aromatic nitrogens is 2. The molecule has 1 heterocycles. The molecular weight excluding hydrogens is 289 g/mol. The van der Waals surface area contributed by atoms with E-state index >= 15 is 0 Å². The van der Waals surface area contributed by atoms with E-state index < -0.39 is 5.54 Å². The fourth-order valence-corrected chi connectivity index (χ4v) is 1.96. The quantitative estimate of drug-likeness (QED) is 0.940. The van der Waals surface area contributed by atoms with Crippen molar-refractivity contribution in [2.24, 2.45) is 5.73 Å². The lowest BCUT2D eigenvalue weighted by Crippen LogP contribution is -2.38. The number of hydrogen-bond acceptors (Lipinski definition) is 5. The van der Waals surface area contributed by atoms with E-state index in [-0.39, 0.29) is 12.5 Å². The summed E-state index contributed by atoms with van der Waals surface area (Å²) in [4.78, 5) is 4.25. The zero-order valence-electron chi connectivity index (χ0n) is 10.5. The standard InChI is InChI=1S/C12H13Cl2N3O2/c1-12(15,6-18-2)11-16-10(19-17-11)8-5-7(13)3-4-9(8)14/h3-5H,6,15H2,1-2H3. The zero-order chi connectivity index (χ0) is 14.0. The van der Waals surface area contributed by atoms with Crippen LogP contribution in [-0.2, 0) is 10.3 Å². The largest absolute Gasteiger partial charge is 0.382 e. The minimum absolute atomic E-state index is 0.273. The third-order valence-electron chi connectivity index (χ3n) is 2.54. The molecule has 102 valence electrons. The van der Waals surface area contributed by atoms with Crippen molar-refractivity contribution in [1.82, 2.24) is 10.1 Å². The Hall–Kier alpha value is -1.14.